The maximum Gasteiger partial charge on any atom is 0.230 e. The van der Waals surface area contributed by atoms with Gasteiger partial charge in [0.15, 0.2) is 0 Å². The number of aryl methyl sites for hydroxylation is 1. The van der Waals surface area contributed by atoms with E-state index in [2.05, 4.69) is 20.8 Å². The molecule has 1 aromatic heterocycles. The highest BCUT2D eigenvalue weighted by molar-refractivity contribution is 7.99. The van der Waals surface area contributed by atoms with Crippen molar-refractivity contribution in [2.45, 2.75) is 31.0 Å². The Hall–Kier alpha value is -1.93. The number of thioether (sulfide) groups is 1. The van der Waals surface area contributed by atoms with E-state index < -0.39 is 0 Å². The number of carbonyl (C=O) groups excluding carboxylic acids is 1. The summed E-state index contributed by atoms with van der Waals surface area (Å²) in [7, 11) is 0. The Morgan fingerprint density at radius 3 is 3.00 bits per heavy atom. The zero-order chi connectivity index (χ0) is 16.1. The van der Waals surface area contributed by atoms with Crippen LogP contribution in [0.15, 0.2) is 29.4 Å². The lowest BCUT2D eigenvalue weighted by molar-refractivity contribution is -0.119. The molecule has 1 aliphatic rings. The van der Waals surface area contributed by atoms with Crippen molar-refractivity contribution in [1.82, 2.24) is 25.5 Å². The quantitative estimate of drug-likeness (QED) is 0.804. The van der Waals surface area contributed by atoms with Crippen LogP contribution >= 0.6 is 11.8 Å². The fourth-order valence-electron chi connectivity index (χ4n) is 2.33. The van der Waals surface area contributed by atoms with Gasteiger partial charge in [-0.05, 0) is 42.3 Å². The Morgan fingerprint density at radius 1 is 1.43 bits per heavy atom. The summed E-state index contributed by atoms with van der Waals surface area (Å²) in [6.07, 6.45) is 2.24. The number of nitrogens with zero attached hydrogens (tertiary/aromatic N) is 4. The monoisotopic (exact) mass is 333 g/mol. The number of ether oxygens (including phenoxy) is 1. The summed E-state index contributed by atoms with van der Waals surface area (Å²) in [5.74, 6) is 0.239. The molecule has 0 radical (unpaired) electrons. The number of hydrogen-bond donors (Lipinski definition) is 1. The van der Waals surface area contributed by atoms with Crippen LogP contribution in [-0.4, -0.2) is 51.1 Å². The van der Waals surface area contributed by atoms with E-state index >= 15 is 0 Å². The van der Waals surface area contributed by atoms with Crippen LogP contribution in [0.3, 0.4) is 0 Å². The molecule has 0 bridgehead atoms. The molecule has 122 valence electrons. The second-order valence-corrected chi connectivity index (χ2v) is 6.38. The second-order valence-electron chi connectivity index (χ2n) is 5.44. The average Bonchev–Trinajstić information content (AvgIpc) is 3.23. The third-order valence-corrected chi connectivity index (χ3v) is 4.52. The third-order valence-electron chi connectivity index (χ3n) is 3.60. The van der Waals surface area contributed by atoms with Gasteiger partial charge in [0, 0.05) is 13.2 Å². The molecular formula is C15H19N5O2S. The van der Waals surface area contributed by atoms with Crippen molar-refractivity contribution in [3.63, 3.8) is 0 Å². The van der Waals surface area contributed by atoms with Gasteiger partial charge in [0.2, 0.25) is 11.1 Å². The first-order valence-corrected chi connectivity index (χ1v) is 8.57. The molecule has 2 heterocycles. The second kappa shape index (κ2) is 7.56. The lowest BCUT2D eigenvalue weighted by atomic mass is 10.2. The fourth-order valence-corrected chi connectivity index (χ4v) is 3.05. The molecule has 1 aromatic carbocycles. The summed E-state index contributed by atoms with van der Waals surface area (Å²) in [4.78, 5) is 11.9. The Kier molecular flexibility index (Phi) is 5.24. The molecule has 1 saturated heterocycles. The first kappa shape index (κ1) is 15.9. The number of tetrazole rings is 1. The number of benzene rings is 1. The molecular weight excluding hydrogens is 314 g/mol. The van der Waals surface area contributed by atoms with Gasteiger partial charge >= 0.3 is 0 Å². The first-order chi connectivity index (χ1) is 11.2. The lowest BCUT2D eigenvalue weighted by Gasteiger charge is -2.10. The molecule has 23 heavy (non-hydrogen) atoms. The molecule has 0 spiro atoms. The minimum atomic E-state index is -0.0380. The van der Waals surface area contributed by atoms with E-state index in [0.717, 1.165) is 25.1 Å². The van der Waals surface area contributed by atoms with Gasteiger partial charge in [0.05, 0.1) is 17.5 Å². The summed E-state index contributed by atoms with van der Waals surface area (Å²) < 4.78 is 7.12. The Bertz CT molecular complexity index is 652. The Balaban J connectivity index is 1.53. The molecule has 2 aromatic rings. The van der Waals surface area contributed by atoms with Crippen LogP contribution in [0, 0.1) is 6.92 Å². The Labute approximate surface area is 138 Å². The summed E-state index contributed by atoms with van der Waals surface area (Å²) in [6.45, 7) is 3.39. The van der Waals surface area contributed by atoms with E-state index in [9.17, 15) is 4.79 Å². The SMILES string of the molecule is Cc1ccc(-n2nnnc2SCC(=O)NC[C@@H]2CCCO2)cc1. The number of hydrogen-bond acceptors (Lipinski definition) is 6. The highest BCUT2D eigenvalue weighted by Gasteiger charge is 2.17. The van der Waals surface area contributed by atoms with Gasteiger partial charge in [-0.3, -0.25) is 4.79 Å². The normalized spacial score (nSPS) is 17.3. The van der Waals surface area contributed by atoms with Gasteiger partial charge in [-0.2, -0.15) is 4.68 Å². The van der Waals surface area contributed by atoms with Crippen molar-refractivity contribution in [3.8, 4) is 5.69 Å². The van der Waals surface area contributed by atoms with Gasteiger partial charge < -0.3 is 10.1 Å². The molecule has 0 aliphatic carbocycles. The van der Waals surface area contributed by atoms with Crippen molar-refractivity contribution in [1.29, 1.82) is 0 Å². The van der Waals surface area contributed by atoms with Crippen LogP contribution in [0.5, 0.6) is 0 Å². The van der Waals surface area contributed by atoms with Gasteiger partial charge in [-0.1, -0.05) is 29.5 Å². The predicted octanol–water partition coefficient (Wildman–Crippen LogP) is 1.36. The predicted molar refractivity (Wildman–Crippen MR) is 86.6 cm³/mol. The third kappa shape index (κ3) is 4.29. The maximum atomic E-state index is 11.9. The number of aromatic nitrogens is 4. The van der Waals surface area contributed by atoms with E-state index in [0.29, 0.717) is 11.7 Å². The van der Waals surface area contributed by atoms with Crippen molar-refractivity contribution in [2.75, 3.05) is 18.9 Å². The minimum absolute atomic E-state index is 0.0380. The van der Waals surface area contributed by atoms with Gasteiger partial charge in [0.25, 0.3) is 0 Å². The van der Waals surface area contributed by atoms with E-state index in [1.807, 2.05) is 31.2 Å². The van der Waals surface area contributed by atoms with Crippen molar-refractivity contribution < 1.29 is 9.53 Å². The van der Waals surface area contributed by atoms with E-state index in [4.69, 9.17) is 4.74 Å². The zero-order valence-electron chi connectivity index (χ0n) is 12.9. The molecule has 8 heteroatoms. The number of rotatable bonds is 6. The fraction of sp³-hybridized carbons (Fsp3) is 0.467. The van der Waals surface area contributed by atoms with Crippen molar-refractivity contribution in [2.24, 2.45) is 0 Å². The molecule has 1 N–H and O–H groups in total. The molecule has 1 fully saturated rings. The Morgan fingerprint density at radius 2 is 2.26 bits per heavy atom. The van der Waals surface area contributed by atoms with Gasteiger partial charge in [0.1, 0.15) is 0 Å². The topological polar surface area (TPSA) is 81.9 Å². The maximum absolute atomic E-state index is 11.9. The van der Waals surface area contributed by atoms with E-state index in [-0.39, 0.29) is 17.8 Å². The summed E-state index contributed by atoms with van der Waals surface area (Å²) in [5, 5.41) is 15.2. The summed E-state index contributed by atoms with van der Waals surface area (Å²) in [5.41, 5.74) is 2.05. The number of nitrogens with one attached hydrogen (secondary N) is 1. The average molecular weight is 333 g/mol. The van der Waals surface area contributed by atoms with Crippen LogP contribution in [-0.2, 0) is 9.53 Å². The minimum Gasteiger partial charge on any atom is -0.376 e. The molecule has 0 unspecified atom stereocenters. The van der Waals surface area contributed by atoms with Crippen LogP contribution in [0.4, 0.5) is 0 Å². The lowest BCUT2D eigenvalue weighted by Crippen LogP contribution is -2.32. The van der Waals surface area contributed by atoms with Crippen LogP contribution in [0.1, 0.15) is 18.4 Å². The zero-order valence-corrected chi connectivity index (χ0v) is 13.8. The summed E-state index contributed by atoms with van der Waals surface area (Å²) in [6, 6.07) is 7.90. The molecule has 0 saturated carbocycles. The van der Waals surface area contributed by atoms with Gasteiger partial charge in [-0.25, -0.2) is 0 Å². The van der Waals surface area contributed by atoms with Crippen molar-refractivity contribution >= 4 is 17.7 Å². The first-order valence-electron chi connectivity index (χ1n) is 7.59. The van der Waals surface area contributed by atoms with Crippen molar-refractivity contribution in [3.05, 3.63) is 29.8 Å². The summed E-state index contributed by atoms with van der Waals surface area (Å²) >= 11 is 1.32. The smallest absolute Gasteiger partial charge is 0.230 e. The highest BCUT2D eigenvalue weighted by atomic mass is 32.2. The highest BCUT2D eigenvalue weighted by Crippen LogP contribution is 2.18. The number of carbonyl (C=O) groups is 1. The molecule has 1 aliphatic heterocycles. The van der Waals surface area contributed by atoms with E-state index in [1.165, 1.54) is 17.3 Å². The largest absolute Gasteiger partial charge is 0.376 e. The molecule has 1 amide bonds. The molecule has 3 rings (SSSR count). The number of amides is 1. The van der Waals surface area contributed by atoms with Crippen LogP contribution < -0.4 is 5.32 Å². The van der Waals surface area contributed by atoms with Crippen LogP contribution in [0.25, 0.3) is 5.69 Å². The van der Waals surface area contributed by atoms with Gasteiger partial charge in [-0.15, -0.1) is 5.10 Å². The molecule has 1 atom stereocenters. The molecule has 7 nitrogen and oxygen atoms in total. The van der Waals surface area contributed by atoms with E-state index in [1.54, 1.807) is 4.68 Å². The standard InChI is InChI=1S/C15H19N5O2S/c1-11-4-6-12(7-5-11)20-15(17-18-19-20)23-10-14(21)16-9-13-3-2-8-22-13/h4-7,13H,2-3,8-10H2,1H3,(H,16,21)/t13-/m0/s1. The van der Waals surface area contributed by atoms with Crippen LogP contribution in [0.2, 0.25) is 0 Å².